The summed E-state index contributed by atoms with van der Waals surface area (Å²) in [5.41, 5.74) is 1.24. The van der Waals surface area contributed by atoms with Crippen LogP contribution in [-0.4, -0.2) is 29.5 Å². The minimum Gasteiger partial charge on any atom is -0.451 e. The fraction of sp³-hybridized carbons (Fsp3) is 0.353. The zero-order valence-corrected chi connectivity index (χ0v) is 14.6. The molecule has 128 valence electrons. The van der Waals surface area contributed by atoms with Crippen LogP contribution in [-0.2, 0) is 9.53 Å². The number of ether oxygens (including phenoxy) is 1. The number of amides is 1. The molecule has 1 aromatic carbocycles. The summed E-state index contributed by atoms with van der Waals surface area (Å²) >= 11 is 1.16. The van der Waals surface area contributed by atoms with Gasteiger partial charge in [-0.15, -0.1) is 11.3 Å². The van der Waals surface area contributed by atoms with Crippen LogP contribution >= 0.6 is 11.3 Å². The first kappa shape index (κ1) is 18.1. The van der Waals surface area contributed by atoms with Crippen molar-refractivity contribution in [2.75, 3.05) is 6.61 Å². The van der Waals surface area contributed by atoms with Crippen LogP contribution in [0.15, 0.2) is 24.3 Å². The van der Waals surface area contributed by atoms with E-state index in [2.05, 4.69) is 10.3 Å². The van der Waals surface area contributed by atoms with E-state index in [0.717, 1.165) is 23.3 Å². The molecule has 0 unspecified atom stereocenters. The fourth-order valence-electron chi connectivity index (χ4n) is 1.92. The lowest BCUT2D eigenvalue weighted by Crippen LogP contribution is -2.35. The van der Waals surface area contributed by atoms with Gasteiger partial charge < -0.3 is 10.1 Å². The van der Waals surface area contributed by atoms with Crippen LogP contribution < -0.4 is 5.32 Å². The van der Waals surface area contributed by atoms with Gasteiger partial charge in [0.05, 0.1) is 5.69 Å². The molecular formula is C17H19FN2O3S. The van der Waals surface area contributed by atoms with Crippen LogP contribution in [0.2, 0.25) is 0 Å². The number of esters is 1. The van der Waals surface area contributed by atoms with Crippen molar-refractivity contribution >= 4 is 23.2 Å². The van der Waals surface area contributed by atoms with E-state index in [4.69, 9.17) is 4.74 Å². The van der Waals surface area contributed by atoms with E-state index in [1.165, 1.54) is 12.1 Å². The Balaban J connectivity index is 2.02. The summed E-state index contributed by atoms with van der Waals surface area (Å²) in [6, 6.07) is 5.91. The van der Waals surface area contributed by atoms with Gasteiger partial charge in [-0.05, 0) is 44.5 Å². The van der Waals surface area contributed by atoms with Crippen LogP contribution in [0.1, 0.15) is 35.6 Å². The topological polar surface area (TPSA) is 68.3 Å². The highest BCUT2D eigenvalue weighted by Crippen LogP contribution is 2.28. The number of benzene rings is 1. The van der Waals surface area contributed by atoms with Gasteiger partial charge in [-0.2, -0.15) is 0 Å². The Morgan fingerprint density at radius 1 is 1.33 bits per heavy atom. The molecule has 0 saturated carbocycles. The average Bonchev–Trinajstić information content (AvgIpc) is 2.95. The third-order valence-electron chi connectivity index (χ3n) is 3.43. The van der Waals surface area contributed by atoms with Crippen LogP contribution in [0.4, 0.5) is 4.39 Å². The van der Waals surface area contributed by atoms with Gasteiger partial charge in [0.15, 0.2) is 6.61 Å². The van der Waals surface area contributed by atoms with E-state index >= 15 is 0 Å². The van der Waals surface area contributed by atoms with E-state index in [9.17, 15) is 14.0 Å². The lowest BCUT2D eigenvalue weighted by atomic mass is 10.2. The summed E-state index contributed by atoms with van der Waals surface area (Å²) in [5, 5.41) is 3.32. The molecule has 0 spiro atoms. The zero-order chi connectivity index (χ0) is 17.7. The van der Waals surface area contributed by atoms with Crippen molar-refractivity contribution in [1.29, 1.82) is 0 Å². The monoisotopic (exact) mass is 350 g/mol. The largest absolute Gasteiger partial charge is 0.451 e. The Kier molecular flexibility index (Phi) is 6.03. The SMILES string of the molecule is CC[C@H](C)NC(=O)COC(=O)c1sc(-c2ccc(F)cc2)nc1C. The van der Waals surface area contributed by atoms with E-state index in [1.807, 2.05) is 13.8 Å². The Morgan fingerprint density at radius 3 is 2.62 bits per heavy atom. The van der Waals surface area contributed by atoms with Crippen molar-refractivity contribution in [3.05, 3.63) is 40.7 Å². The van der Waals surface area contributed by atoms with E-state index in [-0.39, 0.29) is 24.4 Å². The molecule has 1 heterocycles. The molecular weight excluding hydrogens is 331 g/mol. The van der Waals surface area contributed by atoms with Crippen molar-refractivity contribution in [1.82, 2.24) is 10.3 Å². The number of hydrogen-bond donors (Lipinski definition) is 1. The van der Waals surface area contributed by atoms with Gasteiger partial charge >= 0.3 is 5.97 Å². The number of thiazole rings is 1. The number of aryl methyl sites for hydroxylation is 1. The number of hydrogen-bond acceptors (Lipinski definition) is 5. The molecule has 0 fully saturated rings. The number of rotatable bonds is 6. The molecule has 24 heavy (non-hydrogen) atoms. The van der Waals surface area contributed by atoms with E-state index in [1.54, 1.807) is 19.1 Å². The van der Waals surface area contributed by atoms with Crippen LogP contribution in [0.3, 0.4) is 0 Å². The minimum atomic E-state index is -0.585. The molecule has 1 atom stereocenters. The van der Waals surface area contributed by atoms with Crippen molar-refractivity contribution in [2.45, 2.75) is 33.2 Å². The standard InChI is InChI=1S/C17H19FN2O3S/c1-4-10(2)19-14(21)9-23-17(22)15-11(3)20-16(24-15)12-5-7-13(18)8-6-12/h5-8,10H,4,9H2,1-3H3,(H,19,21)/t10-/m0/s1. The highest BCUT2D eigenvalue weighted by Gasteiger charge is 2.19. The maximum absolute atomic E-state index is 13.0. The van der Waals surface area contributed by atoms with E-state index < -0.39 is 5.97 Å². The number of carbonyl (C=O) groups excluding carboxylic acids is 2. The molecule has 5 nitrogen and oxygen atoms in total. The molecule has 0 bridgehead atoms. The molecule has 0 aliphatic carbocycles. The van der Waals surface area contributed by atoms with Gasteiger partial charge in [-0.25, -0.2) is 14.2 Å². The third kappa shape index (κ3) is 4.61. The first-order valence-corrected chi connectivity index (χ1v) is 8.42. The number of nitrogens with one attached hydrogen (secondary N) is 1. The molecule has 1 amide bonds. The Morgan fingerprint density at radius 2 is 2.00 bits per heavy atom. The molecule has 2 aromatic rings. The van der Waals surface area contributed by atoms with Crippen molar-refractivity contribution in [2.24, 2.45) is 0 Å². The molecule has 1 N–H and O–H groups in total. The first-order valence-electron chi connectivity index (χ1n) is 7.60. The highest BCUT2D eigenvalue weighted by atomic mass is 32.1. The van der Waals surface area contributed by atoms with Gasteiger partial charge in [0.1, 0.15) is 15.7 Å². The van der Waals surface area contributed by atoms with Crippen LogP contribution in [0.5, 0.6) is 0 Å². The van der Waals surface area contributed by atoms with Gasteiger partial charge in [0.25, 0.3) is 5.91 Å². The first-order chi connectivity index (χ1) is 11.4. The Labute approximate surface area is 143 Å². The van der Waals surface area contributed by atoms with Gasteiger partial charge in [-0.1, -0.05) is 6.92 Å². The molecule has 0 saturated heterocycles. The Hall–Kier alpha value is -2.28. The number of nitrogens with zero attached hydrogens (tertiary/aromatic N) is 1. The normalized spacial score (nSPS) is 11.8. The number of halogens is 1. The summed E-state index contributed by atoms with van der Waals surface area (Å²) in [4.78, 5) is 28.4. The second-order valence-corrected chi connectivity index (χ2v) is 6.39. The maximum atomic E-state index is 13.0. The second-order valence-electron chi connectivity index (χ2n) is 5.39. The third-order valence-corrected chi connectivity index (χ3v) is 4.61. The van der Waals surface area contributed by atoms with Crippen molar-refractivity contribution < 1.29 is 18.7 Å². The fourth-order valence-corrected chi connectivity index (χ4v) is 2.88. The average molecular weight is 350 g/mol. The van der Waals surface area contributed by atoms with Crippen molar-refractivity contribution in [3.8, 4) is 10.6 Å². The summed E-state index contributed by atoms with van der Waals surface area (Å²) < 4.78 is 18.0. The summed E-state index contributed by atoms with van der Waals surface area (Å²) in [6.07, 6.45) is 0.800. The Bertz CT molecular complexity index is 728. The van der Waals surface area contributed by atoms with Gasteiger partial charge in [0, 0.05) is 11.6 Å². The predicted molar refractivity (Wildman–Crippen MR) is 90.4 cm³/mol. The van der Waals surface area contributed by atoms with Crippen molar-refractivity contribution in [3.63, 3.8) is 0 Å². The van der Waals surface area contributed by atoms with Gasteiger partial charge in [-0.3, -0.25) is 4.79 Å². The lowest BCUT2D eigenvalue weighted by molar-refractivity contribution is -0.124. The molecule has 1 aromatic heterocycles. The quantitative estimate of drug-likeness (QED) is 0.812. The summed E-state index contributed by atoms with van der Waals surface area (Å²) in [5.74, 6) is -1.25. The van der Waals surface area contributed by atoms with Gasteiger partial charge in [0.2, 0.25) is 0 Å². The predicted octanol–water partition coefficient (Wildman–Crippen LogP) is 3.33. The summed E-state index contributed by atoms with van der Waals surface area (Å²) in [6.45, 7) is 5.20. The molecule has 0 aliphatic heterocycles. The minimum absolute atomic E-state index is 0.0337. The molecule has 7 heteroatoms. The summed E-state index contributed by atoms with van der Waals surface area (Å²) in [7, 11) is 0. The number of aromatic nitrogens is 1. The second kappa shape index (κ2) is 8.01. The van der Waals surface area contributed by atoms with Crippen LogP contribution in [0, 0.1) is 12.7 Å². The molecule has 0 radical (unpaired) electrons. The van der Waals surface area contributed by atoms with Crippen LogP contribution in [0.25, 0.3) is 10.6 Å². The van der Waals surface area contributed by atoms with E-state index in [0.29, 0.717) is 15.6 Å². The molecule has 0 aliphatic rings. The highest BCUT2D eigenvalue weighted by molar-refractivity contribution is 7.17. The molecule has 2 rings (SSSR count). The maximum Gasteiger partial charge on any atom is 0.350 e. The zero-order valence-electron chi connectivity index (χ0n) is 13.8. The lowest BCUT2D eigenvalue weighted by Gasteiger charge is -2.11. The number of carbonyl (C=O) groups is 2. The smallest absolute Gasteiger partial charge is 0.350 e.